The number of carbonyl (C=O) groups is 2. The number of ketones is 1. The zero-order valence-electron chi connectivity index (χ0n) is 13.2. The number of Topliss-reactive ketones (excluding diaryl/α,β-unsaturated/α-hetero) is 1. The Morgan fingerprint density at radius 3 is 2.57 bits per heavy atom. The van der Waals surface area contributed by atoms with Crippen molar-refractivity contribution in [1.82, 2.24) is 0 Å². The first-order chi connectivity index (χ1) is 11.2. The topological polar surface area (TPSA) is 70.0 Å². The summed E-state index contributed by atoms with van der Waals surface area (Å²) in [5.41, 5.74) is 2.54. The number of allylic oxidation sites excluding steroid dienone is 2. The fourth-order valence-corrected chi connectivity index (χ4v) is 3.44. The van der Waals surface area contributed by atoms with Gasteiger partial charge in [0.15, 0.2) is 5.78 Å². The molecule has 0 saturated carbocycles. The Bertz CT molecular complexity index is 691. The summed E-state index contributed by atoms with van der Waals surface area (Å²) in [5, 5.41) is 12.4. The first-order valence-corrected chi connectivity index (χ1v) is 8.05. The van der Waals surface area contributed by atoms with Crippen molar-refractivity contribution in [2.45, 2.75) is 39.0 Å². The molecule has 0 radical (unpaired) electrons. The number of carbonyl (C=O) groups excluding carboxylic acids is 2. The third-order valence-corrected chi connectivity index (χ3v) is 4.57. The molecule has 1 aromatic rings. The van der Waals surface area contributed by atoms with Gasteiger partial charge >= 0.3 is 0 Å². The molecule has 0 saturated heterocycles. The van der Waals surface area contributed by atoms with Crippen molar-refractivity contribution in [2.75, 3.05) is 4.90 Å². The molecule has 5 nitrogen and oxygen atoms in total. The van der Waals surface area contributed by atoms with Crippen LogP contribution in [-0.2, 0) is 9.59 Å². The maximum absolute atomic E-state index is 13.0. The monoisotopic (exact) mass is 312 g/mol. The van der Waals surface area contributed by atoms with Gasteiger partial charge in [0.25, 0.3) is 0 Å². The van der Waals surface area contributed by atoms with Crippen LogP contribution in [0.15, 0.2) is 46.8 Å². The predicted molar refractivity (Wildman–Crippen MR) is 87.4 cm³/mol. The van der Waals surface area contributed by atoms with Crippen molar-refractivity contribution >= 4 is 23.1 Å². The van der Waals surface area contributed by atoms with Gasteiger partial charge in [-0.05, 0) is 44.2 Å². The van der Waals surface area contributed by atoms with E-state index in [9.17, 15) is 14.8 Å². The number of hydrogen-bond donors (Lipinski definition) is 1. The molecule has 0 spiro atoms. The average Bonchev–Trinajstić information content (AvgIpc) is 2.60. The van der Waals surface area contributed by atoms with E-state index in [1.165, 1.54) is 0 Å². The van der Waals surface area contributed by atoms with Crippen LogP contribution in [0.5, 0.6) is 0 Å². The first kappa shape index (κ1) is 15.5. The van der Waals surface area contributed by atoms with Crippen molar-refractivity contribution in [3.8, 4) is 0 Å². The quantitative estimate of drug-likeness (QED) is 0.403. The van der Waals surface area contributed by atoms with Crippen LogP contribution < -0.4 is 4.90 Å². The highest BCUT2D eigenvalue weighted by Gasteiger charge is 2.44. The third-order valence-electron chi connectivity index (χ3n) is 4.57. The van der Waals surface area contributed by atoms with Gasteiger partial charge in [-0.25, -0.2) is 0 Å². The van der Waals surface area contributed by atoms with E-state index in [1.54, 1.807) is 11.8 Å². The number of nitrogens with zero attached hydrogens (tertiary/aromatic N) is 2. The molecule has 1 aliphatic carbocycles. The third kappa shape index (κ3) is 2.56. The number of hydrogen-bond acceptors (Lipinski definition) is 4. The van der Waals surface area contributed by atoms with Crippen LogP contribution in [0.3, 0.4) is 0 Å². The Morgan fingerprint density at radius 1 is 1.22 bits per heavy atom. The molecule has 23 heavy (non-hydrogen) atoms. The summed E-state index contributed by atoms with van der Waals surface area (Å²) in [5.74, 6) is -1.50. The summed E-state index contributed by atoms with van der Waals surface area (Å²) in [4.78, 5) is 27.5. The summed E-state index contributed by atoms with van der Waals surface area (Å²) >= 11 is 0. The van der Waals surface area contributed by atoms with Crippen molar-refractivity contribution in [2.24, 2.45) is 11.1 Å². The molecule has 0 fully saturated rings. The molecule has 3 rings (SSSR count). The second-order valence-electron chi connectivity index (χ2n) is 5.88. The number of anilines is 1. The summed E-state index contributed by atoms with van der Waals surface area (Å²) in [6, 6.07) is 9.37. The van der Waals surface area contributed by atoms with Crippen LogP contribution in [0.1, 0.15) is 39.0 Å². The Balaban J connectivity index is 2.15. The lowest BCUT2D eigenvalue weighted by Crippen LogP contribution is -2.49. The summed E-state index contributed by atoms with van der Waals surface area (Å²) in [6.07, 6.45) is 3.70. The lowest BCUT2D eigenvalue weighted by Gasteiger charge is -2.37. The molecule has 1 heterocycles. The van der Waals surface area contributed by atoms with Crippen molar-refractivity contribution in [1.29, 1.82) is 0 Å². The van der Waals surface area contributed by atoms with E-state index >= 15 is 0 Å². The molecular formula is C18H20N2O3. The highest BCUT2D eigenvalue weighted by molar-refractivity contribution is 6.30. The summed E-state index contributed by atoms with van der Waals surface area (Å²) in [6.45, 7) is 1.78. The Morgan fingerprint density at radius 2 is 1.91 bits per heavy atom. The highest BCUT2D eigenvalue weighted by Crippen LogP contribution is 2.38. The lowest BCUT2D eigenvalue weighted by atomic mass is 9.80. The predicted octanol–water partition coefficient (Wildman–Crippen LogP) is 3.29. The Kier molecular flexibility index (Phi) is 4.28. The molecule has 1 amide bonds. The smallest absolute Gasteiger partial charge is 0.248 e. The number of benzene rings is 1. The molecule has 2 aliphatic rings. The summed E-state index contributed by atoms with van der Waals surface area (Å²) < 4.78 is 0. The molecule has 5 heteroatoms. The van der Waals surface area contributed by atoms with E-state index in [1.807, 2.05) is 30.3 Å². The molecule has 1 aliphatic heterocycles. The molecule has 1 atom stereocenters. The molecular weight excluding hydrogens is 292 g/mol. The van der Waals surface area contributed by atoms with E-state index in [4.69, 9.17) is 0 Å². The summed E-state index contributed by atoms with van der Waals surface area (Å²) in [7, 11) is 0. The largest absolute Gasteiger partial charge is 0.411 e. The van der Waals surface area contributed by atoms with Gasteiger partial charge in [0, 0.05) is 17.0 Å². The Hall–Kier alpha value is -2.43. The van der Waals surface area contributed by atoms with E-state index in [2.05, 4.69) is 5.16 Å². The fraction of sp³-hybridized carbons (Fsp3) is 0.389. The van der Waals surface area contributed by atoms with Crippen LogP contribution in [0.4, 0.5) is 5.69 Å². The number of rotatable bonds is 3. The van der Waals surface area contributed by atoms with Gasteiger partial charge in [0.2, 0.25) is 5.91 Å². The normalized spacial score (nSPS) is 22.4. The van der Waals surface area contributed by atoms with Crippen LogP contribution in [0.2, 0.25) is 0 Å². The van der Waals surface area contributed by atoms with E-state index < -0.39 is 5.92 Å². The van der Waals surface area contributed by atoms with Gasteiger partial charge < -0.3 is 5.21 Å². The average molecular weight is 312 g/mol. The van der Waals surface area contributed by atoms with Crippen LogP contribution in [0.25, 0.3) is 0 Å². The maximum Gasteiger partial charge on any atom is 0.248 e. The molecule has 0 bridgehead atoms. The van der Waals surface area contributed by atoms with Crippen molar-refractivity contribution in [3.63, 3.8) is 0 Å². The standard InChI is InChI=1S/C18H20N2O3/c1-2-14(19-23)16-17(21)13-10-6-7-11-15(13)20(18(16)22)12-8-4-3-5-9-12/h3-5,8-9,16,23H,2,6-7,10-11H2,1H3/b19-14+. The Labute approximate surface area is 135 Å². The molecule has 1 unspecified atom stereocenters. The molecule has 1 N–H and O–H groups in total. The van der Waals surface area contributed by atoms with E-state index in [0.717, 1.165) is 36.2 Å². The minimum atomic E-state index is -0.998. The van der Waals surface area contributed by atoms with Gasteiger partial charge in [-0.1, -0.05) is 30.3 Å². The van der Waals surface area contributed by atoms with Crippen LogP contribution in [0, 0.1) is 5.92 Å². The number of oxime groups is 1. The van der Waals surface area contributed by atoms with Gasteiger partial charge in [-0.15, -0.1) is 0 Å². The maximum atomic E-state index is 13.0. The SMILES string of the molecule is CC/C(=N\O)C1C(=O)C2=C(CCCC2)N(c2ccccc2)C1=O. The lowest BCUT2D eigenvalue weighted by molar-refractivity contribution is -0.128. The highest BCUT2D eigenvalue weighted by atomic mass is 16.4. The zero-order chi connectivity index (χ0) is 16.4. The fourth-order valence-electron chi connectivity index (χ4n) is 3.44. The van der Waals surface area contributed by atoms with Crippen LogP contribution in [-0.4, -0.2) is 22.6 Å². The first-order valence-electron chi connectivity index (χ1n) is 8.05. The van der Waals surface area contributed by atoms with Crippen molar-refractivity contribution in [3.05, 3.63) is 41.6 Å². The zero-order valence-corrected chi connectivity index (χ0v) is 13.2. The second-order valence-corrected chi connectivity index (χ2v) is 5.88. The van der Waals surface area contributed by atoms with E-state index in [0.29, 0.717) is 12.8 Å². The van der Waals surface area contributed by atoms with Gasteiger partial charge in [-0.3, -0.25) is 14.5 Å². The van der Waals surface area contributed by atoms with Gasteiger partial charge in [0.05, 0.1) is 5.71 Å². The van der Waals surface area contributed by atoms with Gasteiger partial charge in [-0.2, -0.15) is 0 Å². The van der Waals surface area contributed by atoms with E-state index in [-0.39, 0.29) is 17.4 Å². The second kappa shape index (κ2) is 6.36. The minimum absolute atomic E-state index is 0.188. The minimum Gasteiger partial charge on any atom is -0.411 e. The van der Waals surface area contributed by atoms with Crippen LogP contribution >= 0.6 is 0 Å². The number of amides is 1. The van der Waals surface area contributed by atoms with Gasteiger partial charge in [0.1, 0.15) is 5.92 Å². The van der Waals surface area contributed by atoms with Crippen molar-refractivity contribution < 1.29 is 14.8 Å². The molecule has 120 valence electrons. The number of para-hydroxylation sites is 1. The molecule has 1 aromatic carbocycles. The molecule has 0 aromatic heterocycles.